The number of benzene rings is 2. The molecule has 0 radical (unpaired) electrons. The van der Waals surface area contributed by atoms with Gasteiger partial charge in [-0.05, 0) is 43.2 Å². The predicted molar refractivity (Wildman–Crippen MR) is 142 cm³/mol. The van der Waals surface area contributed by atoms with Gasteiger partial charge in [0.2, 0.25) is 11.8 Å². The zero-order valence-electron chi connectivity index (χ0n) is 21.4. The zero-order chi connectivity index (χ0) is 26.3. The van der Waals surface area contributed by atoms with Crippen molar-refractivity contribution in [3.63, 3.8) is 0 Å². The highest BCUT2D eigenvalue weighted by Gasteiger charge is 2.27. The van der Waals surface area contributed by atoms with Crippen LogP contribution in [0.3, 0.4) is 0 Å². The molecule has 1 unspecified atom stereocenters. The van der Waals surface area contributed by atoms with Crippen LogP contribution in [0, 0.1) is 5.92 Å². The van der Waals surface area contributed by atoms with Crippen molar-refractivity contribution in [3.05, 3.63) is 71.8 Å². The average Bonchev–Trinajstić information content (AvgIpc) is 2.91. The number of amides is 2. The quantitative estimate of drug-likeness (QED) is 0.274. The lowest BCUT2D eigenvalue weighted by atomic mass is 9.95. The minimum atomic E-state index is -1.02. The third kappa shape index (κ3) is 10.7. The van der Waals surface area contributed by atoms with E-state index in [1.54, 1.807) is 0 Å². The fourth-order valence-corrected chi connectivity index (χ4v) is 4.57. The van der Waals surface area contributed by atoms with E-state index in [9.17, 15) is 19.5 Å². The molecule has 2 amide bonds. The second-order valence-corrected chi connectivity index (χ2v) is 9.58. The highest BCUT2D eigenvalue weighted by atomic mass is 16.5. The molecule has 0 aromatic heterocycles. The van der Waals surface area contributed by atoms with Crippen molar-refractivity contribution >= 4 is 17.8 Å². The van der Waals surface area contributed by atoms with Crippen LogP contribution in [0.4, 0.5) is 0 Å². The summed E-state index contributed by atoms with van der Waals surface area (Å²) in [7, 11) is 0. The maximum absolute atomic E-state index is 13.2. The van der Waals surface area contributed by atoms with Gasteiger partial charge in [0.1, 0.15) is 6.04 Å². The Hall–Kier alpha value is -3.23. The largest absolute Gasteiger partial charge is 0.481 e. The van der Waals surface area contributed by atoms with E-state index in [0.29, 0.717) is 32.4 Å². The molecule has 8 nitrogen and oxygen atoms in total. The summed E-state index contributed by atoms with van der Waals surface area (Å²) in [5, 5.41) is 18.6. The Kier molecular flexibility index (Phi) is 12.1. The lowest BCUT2D eigenvalue weighted by Crippen LogP contribution is -2.50. The Morgan fingerprint density at radius 2 is 1.68 bits per heavy atom. The van der Waals surface area contributed by atoms with E-state index in [2.05, 4.69) is 16.0 Å². The fraction of sp³-hybridized carbons (Fsp3) is 0.483. The first-order valence-electron chi connectivity index (χ1n) is 13.2. The van der Waals surface area contributed by atoms with Crippen molar-refractivity contribution in [3.8, 4) is 0 Å². The van der Waals surface area contributed by atoms with Crippen molar-refractivity contribution in [1.29, 1.82) is 0 Å². The number of carboxylic acids is 1. The summed E-state index contributed by atoms with van der Waals surface area (Å²) in [4.78, 5) is 37.8. The second kappa shape index (κ2) is 15.8. The number of hydrogen-bond donors (Lipinski definition) is 4. The van der Waals surface area contributed by atoms with Gasteiger partial charge in [-0.1, -0.05) is 60.7 Å². The van der Waals surface area contributed by atoms with Crippen LogP contribution in [0.25, 0.3) is 0 Å². The molecular weight excluding hydrogens is 470 g/mol. The molecule has 37 heavy (non-hydrogen) atoms. The van der Waals surface area contributed by atoms with Crippen LogP contribution in [0.5, 0.6) is 0 Å². The predicted octanol–water partition coefficient (Wildman–Crippen LogP) is 2.71. The van der Waals surface area contributed by atoms with Crippen LogP contribution in [0.1, 0.15) is 43.2 Å². The maximum Gasteiger partial charge on any atom is 0.304 e. The summed E-state index contributed by atoms with van der Waals surface area (Å²) in [6.45, 7) is 2.73. The Morgan fingerprint density at radius 3 is 2.32 bits per heavy atom. The van der Waals surface area contributed by atoms with Gasteiger partial charge in [0, 0.05) is 31.5 Å². The molecule has 4 N–H and O–H groups in total. The Labute approximate surface area is 219 Å². The number of aryl methyl sites for hydroxylation is 1. The maximum atomic E-state index is 13.2. The molecule has 3 rings (SSSR count). The molecule has 1 aliphatic heterocycles. The molecule has 1 heterocycles. The standard InChI is InChI=1S/C29H39N3O5/c33-27(34)20-24(14-7-13-22-9-3-1-4-10-22)28(35)32-26(19-23-11-5-2-6-12-23)29(36)31-16-8-15-25-21-37-18-17-30-25/h1-6,9-12,24-26,30H,7-8,13-21H2,(H,31,36)(H,32,35)(H,33,34)/t24-,25?,26+/m1/s1. The number of carbonyl (C=O) groups excluding carboxylic acids is 2. The third-order valence-corrected chi connectivity index (χ3v) is 6.60. The SMILES string of the molecule is O=C(O)C[C@@H](CCCc1ccccc1)C(=O)N[C@@H](Cc1ccccc1)C(=O)NCCCC1COCCN1. The summed E-state index contributed by atoms with van der Waals surface area (Å²) in [5.74, 6) is -2.38. The van der Waals surface area contributed by atoms with E-state index in [1.807, 2.05) is 60.7 Å². The van der Waals surface area contributed by atoms with Gasteiger partial charge >= 0.3 is 5.97 Å². The first kappa shape index (κ1) is 28.3. The van der Waals surface area contributed by atoms with Crippen LogP contribution >= 0.6 is 0 Å². The van der Waals surface area contributed by atoms with E-state index in [0.717, 1.165) is 43.5 Å². The lowest BCUT2D eigenvalue weighted by Gasteiger charge is -2.24. The van der Waals surface area contributed by atoms with Crippen molar-refractivity contribution in [1.82, 2.24) is 16.0 Å². The Balaban J connectivity index is 1.57. The summed E-state index contributed by atoms with van der Waals surface area (Å²) >= 11 is 0. The number of hydrogen-bond acceptors (Lipinski definition) is 5. The van der Waals surface area contributed by atoms with Crippen molar-refractivity contribution < 1.29 is 24.2 Å². The molecule has 200 valence electrons. The van der Waals surface area contributed by atoms with Crippen LogP contribution in [0.15, 0.2) is 60.7 Å². The molecule has 1 fully saturated rings. The van der Waals surface area contributed by atoms with Gasteiger partial charge in [-0.25, -0.2) is 0 Å². The van der Waals surface area contributed by atoms with Crippen molar-refractivity contribution in [2.45, 2.75) is 57.0 Å². The fourth-order valence-electron chi connectivity index (χ4n) is 4.57. The van der Waals surface area contributed by atoms with E-state index in [-0.39, 0.29) is 18.4 Å². The molecule has 0 saturated carbocycles. The Bertz CT molecular complexity index is 964. The topological polar surface area (TPSA) is 117 Å². The van der Waals surface area contributed by atoms with Crippen LogP contribution < -0.4 is 16.0 Å². The van der Waals surface area contributed by atoms with E-state index in [1.165, 1.54) is 0 Å². The molecule has 0 aliphatic carbocycles. The van der Waals surface area contributed by atoms with Crippen LogP contribution in [-0.4, -0.2) is 61.3 Å². The second-order valence-electron chi connectivity index (χ2n) is 9.58. The summed E-state index contributed by atoms with van der Waals surface area (Å²) in [6, 6.07) is 18.9. The summed E-state index contributed by atoms with van der Waals surface area (Å²) in [6.07, 6.45) is 3.63. The first-order valence-corrected chi connectivity index (χ1v) is 13.2. The number of aliphatic carboxylic acids is 1. The average molecular weight is 510 g/mol. The molecule has 2 aromatic rings. The van der Waals surface area contributed by atoms with Gasteiger partial charge in [-0.2, -0.15) is 0 Å². The van der Waals surface area contributed by atoms with Crippen LogP contribution in [-0.2, 0) is 32.0 Å². The number of carboxylic acid groups (broad SMARTS) is 1. The minimum absolute atomic E-state index is 0.261. The number of nitrogens with one attached hydrogen (secondary N) is 3. The molecule has 1 saturated heterocycles. The van der Waals surface area contributed by atoms with Gasteiger partial charge in [-0.3, -0.25) is 14.4 Å². The normalized spacial score (nSPS) is 16.9. The molecule has 2 aromatic carbocycles. The zero-order valence-corrected chi connectivity index (χ0v) is 21.4. The minimum Gasteiger partial charge on any atom is -0.481 e. The van der Waals surface area contributed by atoms with Crippen LogP contribution in [0.2, 0.25) is 0 Å². The third-order valence-electron chi connectivity index (χ3n) is 6.60. The molecule has 8 heteroatoms. The summed E-state index contributed by atoms with van der Waals surface area (Å²) < 4.78 is 5.47. The lowest BCUT2D eigenvalue weighted by molar-refractivity contribution is -0.141. The van der Waals surface area contributed by atoms with Gasteiger partial charge in [0.25, 0.3) is 0 Å². The van der Waals surface area contributed by atoms with E-state index >= 15 is 0 Å². The van der Waals surface area contributed by atoms with Gasteiger partial charge in [0.15, 0.2) is 0 Å². The highest BCUT2D eigenvalue weighted by molar-refractivity contribution is 5.90. The molecular formula is C29H39N3O5. The van der Waals surface area contributed by atoms with Crippen molar-refractivity contribution in [2.24, 2.45) is 5.92 Å². The van der Waals surface area contributed by atoms with Gasteiger partial charge < -0.3 is 25.8 Å². The van der Waals surface area contributed by atoms with Gasteiger partial charge in [0.05, 0.1) is 19.6 Å². The number of rotatable bonds is 15. The Morgan fingerprint density at radius 1 is 0.973 bits per heavy atom. The van der Waals surface area contributed by atoms with E-state index in [4.69, 9.17) is 4.74 Å². The summed E-state index contributed by atoms with van der Waals surface area (Å²) in [5.41, 5.74) is 2.07. The monoisotopic (exact) mass is 509 g/mol. The number of carbonyl (C=O) groups is 3. The highest BCUT2D eigenvalue weighted by Crippen LogP contribution is 2.16. The molecule has 0 spiro atoms. The smallest absolute Gasteiger partial charge is 0.304 e. The number of ether oxygens (including phenoxy) is 1. The van der Waals surface area contributed by atoms with Gasteiger partial charge in [-0.15, -0.1) is 0 Å². The number of morpholine rings is 1. The van der Waals surface area contributed by atoms with Crippen molar-refractivity contribution in [2.75, 3.05) is 26.3 Å². The molecule has 0 bridgehead atoms. The van der Waals surface area contributed by atoms with E-state index < -0.39 is 23.8 Å². The first-order chi connectivity index (χ1) is 18.0. The molecule has 1 aliphatic rings. The molecule has 3 atom stereocenters.